The van der Waals surface area contributed by atoms with Crippen molar-refractivity contribution >= 4 is 5.97 Å². The first kappa shape index (κ1) is 10.4. The highest BCUT2D eigenvalue weighted by molar-refractivity contribution is 5.73. The van der Waals surface area contributed by atoms with Gasteiger partial charge in [-0.25, -0.2) is 4.79 Å². The third kappa shape index (κ3) is 4.75. The smallest absolute Gasteiger partial charge is 0.334 e. The van der Waals surface area contributed by atoms with E-state index in [1.165, 1.54) is 7.11 Å². The van der Waals surface area contributed by atoms with E-state index in [1.54, 1.807) is 14.0 Å². The number of rotatable bonds is 5. The Hall–Kier alpha value is -0.610. The summed E-state index contributed by atoms with van der Waals surface area (Å²) in [4.78, 5) is 10.7. The first-order valence-electron chi connectivity index (χ1n) is 3.40. The number of hydrogen-bond acceptors (Lipinski definition) is 4. The molecule has 0 radical (unpaired) electrons. The van der Waals surface area contributed by atoms with Crippen LogP contribution in [-0.4, -0.2) is 39.5 Å². The molecule has 0 saturated heterocycles. The van der Waals surface area contributed by atoms with Gasteiger partial charge in [0.05, 0.1) is 20.3 Å². The van der Waals surface area contributed by atoms with Gasteiger partial charge in [-0.2, -0.15) is 0 Å². The summed E-state index contributed by atoms with van der Waals surface area (Å²) in [5.74, 6) is -0.360. The minimum Gasteiger partial charge on any atom is -0.467 e. The van der Waals surface area contributed by atoms with Gasteiger partial charge in [-0.1, -0.05) is 0 Å². The summed E-state index contributed by atoms with van der Waals surface area (Å²) in [6, 6.07) is 0. The van der Waals surface area contributed by atoms with E-state index in [1.807, 2.05) is 0 Å². The Kier molecular flexibility index (Phi) is 5.78. The second-order valence-corrected chi connectivity index (χ2v) is 2.03. The van der Waals surface area contributed by atoms with Crippen LogP contribution in [0.5, 0.6) is 0 Å². The highest BCUT2D eigenvalue weighted by Crippen LogP contribution is 1.92. The number of carbonyl (C=O) groups excluding carboxylic acids is 1. The average Bonchev–Trinajstić information content (AvgIpc) is 2.03. The Morgan fingerprint density at radius 2 is 2.00 bits per heavy atom. The molecule has 1 atom stereocenters. The lowest BCUT2D eigenvalue weighted by molar-refractivity contribution is -0.153. The third-order valence-corrected chi connectivity index (χ3v) is 1.19. The highest BCUT2D eigenvalue weighted by atomic mass is 16.6. The molecule has 4 heteroatoms. The molecule has 66 valence electrons. The summed E-state index contributed by atoms with van der Waals surface area (Å²) >= 11 is 0. The van der Waals surface area contributed by atoms with Crippen molar-refractivity contribution in [2.75, 3.05) is 27.4 Å². The molecule has 0 bridgehead atoms. The Balaban J connectivity index is 3.36. The fraction of sp³-hybridized carbons (Fsp3) is 0.857. The fourth-order valence-corrected chi connectivity index (χ4v) is 0.542. The lowest BCUT2D eigenvalue weighted by atomic mass is 10.4. The summed E-state index contributed by atoms with van der Waals surface area (Å²) in [7, 11) is 2.91. The molecule has 0 unspecified atom stereocenters. The predicted molar refractivity (Wildman–Crippen MR) is 39.3 cm³/mol. The molecule has 0 aliphatic heterocycles. The summed E-state index contributed by atoms with van der Waals surface area (Å²) < 4.78 is 14.2. The number of esters is 1. The van der Waals surface area contributed by atoms with Gasteiger partial charge in [-0.05, 0) is 6.92 Å². The molecule has 0 aromatic rings. The number of hydrogen-bond donors (Lipinski definition) is 0. The van der Waals surface area contributed by atoms with Crippen LogP contribution >= 0.6 is 0 Å². The Morgan fingerprint density at radius 3 is 2.45 bits per heavy atom. The van der Waals surface area contributed by atoms with Gasteiger partial charge >= 0.3 is 5.97 Å². The Labute approximate surface area is 66.4 Å². The van der Waals surface area contributed by atoms with Crippen LogP contribution < -0.4 is 0 Å². The quantitative estimate of drug-likeness (QED) is 0.428. The maximum atomic E-state index is 10.7. The van der Waals surface area contributed by atoms with E-state index in [0.29, 0.717) is 13.2 Å². The summed E-state index contributed by atoms with van der Waals surface area (Å²) in [6.07, 6.45) is -0.504. The van der Waals surface area contributed by atoms with Crippen LogP contribution in [0.15, 0.2) is 0 Å². The molecule has 11 heavy (non-hydrogen) atoms. The van der Waals surface area contributed by atoms with E-state index in [9.17, 15) is 4.79 Å². The van der Waals surface area contributed by atoms with Crippen LogP contribution in [0, 0.1) is 0 Å². The molecular formula is C7H14O4. The molecule has 0 amide bonds. The second-order valence-electron chi connectivity index (χ2n) is 2.03. The molecule has 0 aromatic heterocycles. The molecule has 0 N–H and O–H groups in total. The van der Waals surface area contributed by atoms with Crippen LogP contribution in [0.1, 0.15) is 6.92 Å². The van der Waals surface area contributed by atoms with Gasteiger partial charge in [-0.3, -0.25) is 0 Å². The molecular weight excluding hydrogens is 148 g/mol. The standard InChI is InChI=1S/C7H14O4/c1-6(7(8)10-3)11-5-4-9-2/h6H,4-5H2,1-3H3/t6-/m0/s1. The zero-order valence-corrected chi connectivity index (χ0v) is 7.12. The van der Waals surface area contributed by atoms with Gasteiger partial charge in [0, 0.05) is 7.11 Å². The van der Waals surface area contributed by atoms with Crippen LogP contribution in [-0.2, 0) is 19.0 Å². The van der Waals surface area contributed by atoms with Crippen molar-refractivity contribution in [1.82, 2.24) is 0 Å². The molecule has 0 heterocycles. The minimum absolute atomic E-state index is 0.360. The third-order valence-electron chi connectivity index (χ3n) is 1.19. The van der Waals surface area contributed by atoms with E-state index in [-0.39, 0.29) is 5.97 Å². The fourth-order valence-electron chi connectivity index (χ4n) is 0.542. The van der Waals surface area contributed by atoms with Crippen molar-refractivity contribution in [3.8, 4) is 0 Å². The normalized spacial score (nSPS) is 12.6. The molecule has 0 aliphatic carbocycles. The summed E-state index contributed by atoms with van der Waals surface area (Å²) in [6.45, 7) is 2.54. The van der Waals surface area contributed by atoms with Crippen LogP contribution in [0.3, 0.4) is 0 Å². The molecule has 0 aromatic carbocycles. The van der Waals surface area contributed by atoms with Crippen molar-refractivity contribution in [1.29, 1.82) is 0 Å². The van der Waals surface area contributed by atoms with Crippen molar-refractivity contribution in [3.63, 3.8) is 0 Å². The Morgan fingerprint density at radius 1 is 1.36 bits per heavy atom. The van der Waals surface area contributed by atoms with E-state index in [2.05, 4.69) is 4.74 Å². The maximum absolute atomic E-state index is 10.7. The zero-order chi connectivity index (χ0) is 8.69. The van der Waals surface area contributed by atoms with Gasteiger partial charge < -0.3 is 14.2 Å². The summed E-state index contributed by atoms with van der Waals surface area (Å²) in [5, 5.41) is 0. The lowest BCUT2D eigenvalue weighted by Crippen LogP contribution is -2.23. The number of carbonyl (C=O) groups is 1. The monoisotopic (exact) mass is 162 g/mol. The molecule has 0 spiro atoms. The molecule has 0 fully saturated rings. The van der Waals surface area contributed by atoms with Crippen molar-refractivity contribution < 1.29 is 19.0 Å². The predicted octanol–water partition coefficient (Wildman–Crippen LogP) is 0.211. The van der Waals surface area contributed by atoms with Crippen LogP contribution in [0.25, 0.3) is 0 Å². The Bertz CT molecular complexity index is 113. The molecule has 4 nitrogen and oxygen atoms in total. The van der Waals surface area contributed by atoms with Gasteiger partial charge in [0.25, 0.3) is 0 Å². The van der Waals surface area contributed by atoms with E-state index in [4.69, 9.17) is 9.47 Å². The number of ether oxygens (including phenoxy) is 3. The van der Waals surface area contributed by atoms with Crippen LogP contribution in [0.2, 0.25) is 0 Å². The van der Waals surface area contributed by atoms with E-state index in [0.717, 1.165) is 0 Å². The SMILES string of the molecule is COCCO[C@@H](C)C(=O)OC. The van der Waals surface area contributed by atoms with Crippen molar-refractivity contribution in [3.05, 3.63) is 0 Å². The first-order valence-corrected chi connectivity index (χ1v) is 3.40. The molecule has 0 saturated carbocycles. The van der Waals surface area contributed by atoms with Crippen molar-refractivity contribution in [2.45, 2.75) is 13.0 Å². The average molecular weight is 162 g/mol. The second kappa shape index (κ2) is 6.12. The largest absolute Gasteiger partial charge is 0.467 e. The molecule has 0 aliphatic rings. The lowest BCUT2D eigenvalue weighted by Gasteiger charge is -2.09. The first-order chi connectivity index (χ1) is 5.22. The summed E-state index contributed by atoms with van der Waals surface area (Å²) in [5.41, 5.74) is 0. The molecule has 0 rings (SSSR count). The van der Waals surface area contributed by atoms with Crippen molar-refractivity contribution in [2.24, 2.45) is 0 Å². The van der Waals surface area contributed by atoms with Gasteiger partial charge in [0.2, 0.25) is 0 Å². The van der Waals surface area contributed by atoms with E-state index >= 15 is 0 Å². The van der Waals surface area contributed by atoms with Gasteiger partial charge in [-0.15, -0.1) is 0 Å². The number of methoxy groups -OCH3 is 2. The van der Waals surface area contributed by atoms with Crippen LogP contribution in [0.4, 0.5) is 0 Å². The highest BCUT2D eigenvalue weighted by Gasteiger charge is 2.12. The van der Waals surface area contributed by atoms with Gasteiger partial charge in [0.1, 0.15) is 0 Å². The van der Waals surface area contributed by atoms with E-state index < -0.39 is 6.10 Å². The minimum atomic E-state index is -0.504. The van der Waals surface area contributed by atoms with Gasteiger partial charge in [0.15, 0.2) is 6.10 Å². The zero-order valence-electron chi connectivity index (χ0n) is 7.12. The topological polar surface area (TPSA) is 44.8 Å². The maximum Gasteiger partial charge on any atom is 0.334 e.